The van der Waals surface area contributed by atoms with Crippen LogP contribution in [0.2, 0.25) is 0 Å². The first-order valence-corrected chi connectivity index (χ1v) is 6.46. The number of nitro benzene ring substituents is 1. The van der Waals surface area contributed by atoms with Crippen LogP contribution in [0.1, 0.15) is 12.8 Å². The van der Waals surface area contributed by atoms with Crippen LogP contribution < -0.4 is 10.1 Å². The summed E-state index contributed by atoms with van der Waals surface area (Å²) >= 11 is 0. The summed E-state index contributed by atoms with van der Waals surface area (Å²) in [5.74, 6) is 0.473. The molecule has 1 heterocycles. The Morgan fingerprint density at radius 1 is 1.45 bits per heavy atom. The second kappa shape index (κ2) is 6.23. The van der Waals surface area contributed by atoms with Crippen LogP contribution in [0.3, 0.4) is 0 Å². The highest BCUT2D eigenvalue weighted by molar-refractivity contribution is 5.82. The van der Waals surface area contributed by atoms with E-state index in [1.807, 2.05) is 0 Å². The van der Waals surface area contributed by atoms with Gasteiger partial charge in [-0.15, -0.1) is 0 Å². The van der Waals surface area contributed by atoms with E-state index in [-0.39, 0.29) is 18.1 Å². The topological polar surface area (TPSA) is 84.7 Å². The molecule has 7 heteroatoms. The predicted octanol–water partition coefficient (Wildman–Crippen LogP) is 1.64. The molecule has 0 unspecified atom stereocenters. The number of nitrogens with zero attached hydrogens (tertiary/aromatic N) is 2. The minimum atomic E-state index is -0.479. The van der Waals surface area contributed by atoms with Crippen molar-refractivity contribution in [2.75, 3.05) is 32.1 Å². The van der Waals surface area contributed by atoms with Crippen LogP contribution in [0, 0.1) is 10.1 Å². The van der Waals surface area contributed by atoms with Gasteiger partial charge < -0.3 is 15.0 Å². The summed E-state index contributed by atoms with van der Waals surface area (Å²) in [6.45, 7) is 1.68. The molecule has 0 spiro atoms. The number of carbonyl (C=O) groups is 1. The Hall–Kier alpha value is -2.31. The van der Waals surface area contributed by atoms with Gasteiger partial charge in [0.1, 0.15) is 5.75 Å². The van der Waals surface area contributed by atoms with Gasteiger partial charge in [-0.1, -0.05) is 0 Å². The number of nitro groups is 1. The first-order valence-electron chi connectivity index (χ1n) is 6.46. The van der Waals surface area contributed by atoms with E-state index in [0.717, 1.165) is 25.9 Å². The highest BCUT2D eigenvalue weighted by Crippen LogP contribution is 2.28. The molecule has 1 aliphatic heterocycles. The Kier molecular flexibility index (Phi) is 4.39. The smallest absolute Gasteiger partial charge is 0.271 e. The molecular formula is C13H17N3O4. The Labute approximate surface area is 116 Å². The van der Waals surface area contributed by atoms with Gasteiger partial charge in [0, 0.05) is 25.2 Å². The molecule has 0 bridgehead atoms. The first kappa shape index (κ1) is 14.1. The second-order valence-electron chi connectivity index (χ2n) is 4.58. The number of amides is 1. The van der Waals surface area contributed by atoms with Gasteiger partial charge in [-0.3, -0.25) is 14.9 Å². The first-order chi connectivity index (χ1) is 9.61. The van der Waals surface area contributed by atoms with E-state index in [2.05, 4.69) is 5.32 Å². The molecule has 7 nitrogen and oxygen atoms in total. The molecule has 0 radical (unpaired) electrons. The number of hydrogen-bond donors (Lipinski definition) is 1. The van der Waals surface area contributed by atoms with Gasteiger partial charge in [0.15, 0.2) is 0 Å². The molecule has 1 aromatic carbocycles. The number of anilines is 1. The van der Waals surface area contributed by atoms with Crippen molar-refractivity contribution in [2.45, 2.75) is 12.8 Å². The van der Waals surface area contributed by atoms with Crippen LogP contribution in [0.15, 0.2) is 18.2 Å². The number of non-ortho nitro benzene ring substituents is 1. The van der Waals surface area contributed by atoms with Crippen molar-refractivity contribution in [3.05, 3.63) is 28.3 Å². The van der Waals surface area contributed by atoms with E-state index in [9.17, 15) is 14.9 Å². The van der Waals surface area contributed by atoms with Crippen molar-refractivity contribution in [2.24, 2.45) is 0 Å². The molecule has 2 rings (SSSR count). The highest BCUT2D eigenvalue weighted by atomic mass is 16.6. The SMILES string of the molecule is COc1ccc([N+](=O)[O-])cc1NCC(=O)N1CCCC1. The van der Waals surface area contributed by atoms with Gasteiger partial charge >= 0.3 is 0 Å². The fourth-order valence-electron chi connectivity index (χ4n) is 2.20. The third kappa shape index (κ3) is 3.17. The average Bonchev–Trinajstić information content (AvgIpc) is 2.98. The van der Waals surface area contributed by atoms with Crippen LogP contribution in [0.25, 0.3) is 0 Å². The molecule has 1 saturated heterocycles. The summed E-state index contributed by atoms with van der Waals surface area (Å²) in [5.41, 5.74) is 0.413. The van der Waals surface area contributed by atoms with Crippen LogP contribution in [-0.2, 0) is 4.79 Å². The summed E-state index contributed by atoms with van der Waals surface area (Å²) in [5, 5.41) is 13.7. The van der Waals surface area contributed by atoms with Crippen molar-refractivity contribution in [1.82, 2.24) is 4.90 Å². The maximum Gasteiger partial charge on any atom is 0.271 e. The fourth-order valence-corrected chi connectivity index (χ4v) is 2.20. The van der Waals surface area contributed by atoms with E-state index >= 15 is 0 Å². The second-order valence-corrected chi connectivity index (χ2v) is 4.58. The molecule has 0 atom stereocenters. The molecule has 1 N–H and O–H groups in total. The molecule has 1 aromatic rings. The summed E-state index contributed by atoms with van der Waals surface area (Å²) < 4.78 is 5.13. The molecular weight excluding hydrogens is 262 g/mol. The molecule has 1 amide bonds. The van der Waals surface area contributed by atoms with Gasteiger partial charge in [0.25, 0.3) is 5.69 Å². The number of benzene rings is 1. The standard InChI is InChI=1S/C13H17N3O4/c1-20-12-5-4-10(16(18)19)8-11(12)14-9-13(17)15-6-2-3-7-15/h4-5,8,14H,2-3,6-7,9H2,1H3. The summed E-state index contributed by atoms with van der Waals surface area (Å²) in [7, 11) is 1.48. The molecule has 0 saturated carbocycles. The Balaban J connectivity index is 2.05. The molecule has 1 fully saturated rings. The van der Waals surface area contributed by atoms with E-state index in [1.54, 1.807) is 4.90 Å². The minimum absolute atomic E-state index is 0.00365. The van der Waals surface area contributed by atoms with Crippen LogP contribution >= 0.6 is 0 Å². The summed E-state index contributed by atoms with van der Waals surface area (Å²) in [4.78, 5) is 24.0. The van der Waals surface area contributed by atoms with Crippen molar-refractivity contribution in [3.8, 4) is 5.75 Å². The zero-order valence-electron chi connectivity index (χ0n) is 11.3. The lowest BCUT2D eigenvalue weighted by Crippen LogP contribution is -2.33. The number of carbonyl (C=O) groups excluding carboxylic acids is 1. The zero-order valence-corrected chi connectivity index (χ0v) is 11.3. The summed E-state index contributed by atoms with van der Waals surface area (Å²) in [6, 6.07) is 4.25. The van der Waals surface area contributed by atoms with Crippen molar-refractivity contribution >= 4 is 17.3 Å². The molecule has 0 aliphatic carbocycles. The number of ether oxygens (including phenoxy) is 1. The van der Waals surface area contributed by atoms with E-state index in [4.69, 9.17) is 4.74 Å². The lowest BCUT2D eigenvalue weighted by molar-refractivity contribution is -0.384. The number of hydrogen-bond acceptors (Lipinski definition) is 5. The molecule has 1 aliphatic rings. The van der Waals surface area contributed by atoms with E-state index in [1.165, 1.54) is 25.3 Å². The minimum Gasteiger partial charge on any atom is -0.495 e. The normalized spacial score (nSPS) is 14.2. The number of likely N-dealkylation sites (tertiary alicyclic amines) is 1. The van der Waals surface area contributed by atoms with Gasteiger partial charge in [-0.2, -0.15) is 0 Å². The zero-order chi connectivity index (χ0) is 14.5. The number of methoxy groups -OCH3 is 1. The molecule has 0 aromatic heterocycles. The van der Waals surface area contributed by atoms with Crippen LogP contribution in [0.5, 0.6) is 5.75 Å². The largest absolute Gasteiger partial charge is 0.495 e. The third-order valence-corrected chi connectivity index (χ3v) is 3.28. The lowest BCUT2D eigenvalue weighted by atomic mass is 10.2. The third-order valence-electron chi connectivity index (χ3n) is 3.28. The lowest BCUT2D eigenvalue weighted by Gasteiger charge is -2.16. The monoisotopic (exact) mass is 279 g/mol. The molecule has 20 heavy (non-hydrogen) atoms. The Morgan fingerprint density at radius 3 is 2.75 bits per heavy atom. The van der Waals surface area contributed by atoms with Gasteiger partial charge in [0.2, 0.25) is 5.91 Å². The fraction of sp³-hybridized carbons (Fsp3) is 0.462. The Bertz CT molecular complexity index is 512. The van der Waals surface area contributed by atoms with Crippen LogP contribution in [0.4, 0.5) is 11.4 Å². The predicted molar refractivity (Wildman–Crippen MR) is 74.0 cm³/mol. The molecule has 108 valence electrons. The van der Waals surface area contributed by atoms with Crippen molar-refractivity contribution in [3.63, 3.8) is 0 Å². The number of rotatable bonds is 5. The van der Waals surface area contributed by atoms with Gasteiger partial charge in [0.05, 0.1) is 24.3 Å². The van der Waals surface area contributed by atoms with Crippen LogP contribution in [-0.4, -0.2) is 42.5 Å². The van der Waals surface area contributed by atoms with Crippen molar-refractivity contribution in [1.29, 1.82) is 0 Å². The summed E-state index contributed by atoms with van der Waals surface area (Å²) in [6.07, 6.45) is 2.07. The quantitative estimate of drug-likeness (QED) is 0.654. The van der Waals surface area contributed by atoms with E-state index in [0.29, 0.717) is 11.4 Å². The average molecular weight is 279 g/mol. The van der Waals surface area contributed by atoms with Crippen molar-refractivity contribution < 1.29 is 14.5 Å². The maximum absolute atomic E-state index is 11.9. The van der Waals surface area contributed by atoms with Gasteiger partial charge in [-0.05, 0) is 18.9 Å². The maximum atomic E-state index is 11.9. The Morgan fingerprint density at radius 2 is 2.15 bits per heavy atom. The number of nitrogens with one attached hydrogen (secondary N) is 1. The van der Waals surface area contributed by atoms with Gasteiger partial charge in [-0.25, -0.2) is 0 Å². The van der Waals surface area contributed by atoms with E-state index < -0.39 is 4.92 Å². The highest BCUT2D eigenvalue weighted by Gasteiger charge is 2.18.